The predicted molar refractivity (Wildman–Crippen MR) is 109 cm³/mol. The molecule has 9 heteroatoms. The van der Waals surface area contributed by atoms with E-state index in [-0.39, 0.29) is 16.4 Å². The lowest BCUT2D eigenvalue weighted by Crippen LogP contribution is -2.24. The lowest BCUT2D eigenvalue weighted by atomic mass is 10.0. The van der Waals surface area contributed by atoms with E-state index in [1.165, 1.54) is 6.07 Å². The van der Waals surface area contributed by atoms with Gasteiger partial charge in [0.15, 0.2) is 15.8 Å². The van der Waals surface area contributed by atoms with E-state index in [4.69, 9.17) is 23.1 Å². The van der Waals surface area contributed by atoms with Gasteiger partial charge in [0.1, 0.15) is 0 Å². The molecule has 0 heterocycles. The van der Waals surface area contributed by atoms with Crippen LogP contribution in [-0.2, 0) is 16.3 Å². The van der Waals surface area contributed by atoms with Gasteiger partial charge in [-0.3, -0.25) is 4.79 Å². The Morgan fingerprint density at radius 3 is 2.33 bits per heavy atom. The third-order valence-corrected chi connectivity index (χ3v) is 5.45. The van der Waals surface area contributed by atoms with Gasteiger partial charge < -0.3 is 16.4 Å². The second-order valence-corrected chi connectivity index (χ2v) is 8.35. The summed E-state index contributed by atoms with van der Waals surface area (Å²) in [7, 11) is -1.95. The fraction of sp³-hybridized carbons (Fsp3) is 0.222. The number of rotatable bonds is 5. The van der Waals surface area contributed by atoms with Gasteiger partial charge in [-0.15, -0.1) is 0 Å². The number of carbonyl (C=O) groups is 1. The van der Waals surface area contributed by atoms with Gasteiger partial charge in [-0.05, 0) is 36.2 Å². The summed E-state index contributed by atoms with van der Waals surface area (Å²) < 4.78 is 24.8. The molecule has 7 nitrogen and oxygen atoms in total. The van der Waals surface area contributed by atoms with Gasteiger partial charge in [-0.1, -0.05) is 30.7 Å². The fourth-order valence-electron chi connectivity index (χ4n) is 2.69. The van der Waals surface area contributed by atoms with E-state index in [9.17, 15) is 13.2 Å². The first-order valence-corrected chi connectivity index (χ1v) is 10.3. The van der Waals surface area contributed by atoms with Crippen molar-refractivity contribution in [3.05, 3.63) is 52.5 Å². The summed E-state index contributed by atoms with van der Waals surface area (Å²) in [4.78, 5) is 17.5. The number of carbonyl (C=O) groups excluding carboxylic acids is 1. The number of para-hydroxylation sites is 1. The number of anilines is 2. The summed E-state index contributed by atoms with van der Waals surface area (Å²) in [5, 5.41) is 0.471. The third kappa shape index (κ3) is 4.58. The summed E-state index contributed by atoms with van der Waals surface area (Å²) in [6.45, 7) is 1.85. The molecule has 2 aromatic carbocycles. The maximum absolute atomic E-state index is 12.4. The van der Waals surface area contributed by atoms with Gasteiger partial charge in [0.25, 0.3) is 5.91 Å². The fourth-order valence-corrected chi connectivity index (χ4v) is 3.86. The van der Waals surface area contributed by atoms with Crippen molar-refractivity contribution in [3.63, 3.8) is 0 Å². The molecule has 0 radical (unpaired) electrons. The molecule has 0 atom stereocenters. The molecule has 0 saturated carbocycles. The predicted octanol–water partition coefficient (Wildman–Crippen LogP) is 2.49. The highest BCUT2D eigenvalue weighted by Crippen LogP contribution is 2.36. The number of hydrogen-bond donors (Lipinski definition) is 2. The summed E-state index contributed by atoms with van der Waals surface area (Å²) in [5.74, 6) is -1.08. The second kappa shape index (κ2) is 7.98. The number of nitrogens with zero attached hydrogens (tertiary/aromatic N) is 2. The third-order valence-electron chi connectivity index (χ3n) is 4.00. The highest BCUT2D eigenvalue weighted by molar-refractivity contribution is 7.90. The SMILES string of the molecule is CCc1cc(N(C)c2ccccc2Cl)c(S(C)(=O)=O)cc1C(=O)N=C(N)N. The molecule has 27 heavy (non-hydrogen) atoms. The molecule has 0 bridgehead atoms. The Morgan fingerprint density at radius 2 is 1.81 bits per heavy atom. The maximum Gasteiger partial charge on any atom is 0.280 e. The van der Waals surface area contributed by atoms with Crippen molar-refractivity contribution in [3.8, 4) is 0 Å². The van der Waals surface area contributed by atoms with Gasteiger partial charge >= 0.3 is 0 Å². The van der Waals surface area contributed by atoms with E-state index >= 15 is 0 Å². The van der Waals surface area contributed by atoms with Crippen molar-refractivity contribution >= 4 is 44.7 Å². The summed E-state index contributed by atoms with van der Waals surface area (Å²) in [5.41, 5.74) is 12.4. The average molecular weight is 409 g/mol. The summed E-state index contributed by atoms with van der Waals surface area (Å²) in [6, 6.07) is 10.0. The Labute approximate surface area is 163 Å². The quantitative estimate of drug-likeness (QED) is 0.579. The van der Waals surface area contributed by atoms with Gasteiger partial charge in [0.2, 0.25) is 0 Å². The Kier molecular flexibility index (Phi) is 6.12. The Balaban J connectivity index is 2.76. The molecule has 4 N–H and O–H groups in total. The number of aryl methyl sites for hydroxylation is 1. The average Bonchev–Trinajstić information content (AvgIpc) is 2.59. The molecule has 0 aliphatic heterocycles. The largest absolute Gasteiger partial charge is 0.370 e. The van der Waals surface area contributed by atoms with Crippen LogP contribution in [0.3, 0.4) is 0 Å². The number of halogens is 1. The molecule has 0 fully saturated rings. The van der Waals surface area contributed by atoms with E-state index in [1.54, 1.807) is 42.3 Å². The van der Waals surface area contributed by atoms with Crippen LogP contribution in [0.25, 0.3) is 0 Å². The van der Waals surface area contributed by atoms with E-state index in [2.05, 4.69) is 4.99 Å². The maximum atomic E-state index is 12.4. The molecule has 0 unspecified atom stereocenters. The van der Waals surface area contributed by atoms with Crippen molar-refractivity contribution < 1.29 is 13.2 Å². The molecule has 0 aromatic heterocycles. The monoisotopic (exact) mass is 408 g/mol. The van der Waals surface area contributed by atoms with Crippen molar-refractivity contribution in [2.45, 2.75) is 18.2 Å². The van der Waals surface area contributed by atoms with Crippen LogP contribution in [0, 0.1) is 0 Å². The van der Waals surface area contributed by atoms with Crippen LogP contribution >= 0.6 is 11.6 Å². The number of nitrogens with two attached hydrogens (primary N) is 2. The van der Waals surface area contributed by atoms with Crippen molar-refractivity contribution in [1.82, 2.24) is 0 Å². The molecule has 0 saturated heterocycles. The first-order valence-electron chi connectivity index (χ1n) is 8.05. The van der Waals surface area contributed by atoms with E-state index in [1.807, 2.05) is 6.92 Å². The molecule has 0 spiro atoms. The minimum absolute atomic E-state index is 0.0173. The first kappa shape index (κ1) is 20.7. The molecular formula is C18H21ClN4O3S. The van der Waals surface area contributed by atoms with Crippen LogP contribution in [0.15, 0.2) is 46.3 Å². The van der Waals surface area contributed by atoms with Crippen molar-refractivity contribution in [2.75, 3.05) is 18.2 Å². The van der Waals surface area contributed by atoms with Crippen LogP contribution in [0.4, 0.5) is 11.4 Å². The lowest BCUT2D eigenvalue weighted by Gasteiger charge is -2.24. The summed E-state index contributed by atoms with van der Waals surface area (Å²) >= 11 is 6.26. The van der Waals surface area contributed by atoms with Gasteiger partial charge in [0.05, 0.1) is 21.3 Å². The number of sulfone groups is 1. The zero-order chi connectivity index (χ0) is 20.4. The standard InChI is InChI=1S/C18H21ClN4O3S/c1-4-11-9-15(23(2)14-8-6-5-7-13(14)19)16(27(3,25)26)10-12(11)17(24)22-18(20)21/h5-10H,4H2,1-3H3,(H4,20,21,22,24). The Hall–Kier alpha value is -2.58. The van der Waals surface area contributed by atoms with Gasteiger partial charge in [-0.25, -0.2) is 8.42 Å². The van der Waals surface area contributed by atoms with Gasteiger partial charge in [0, 0.05) is 18.9 Å². The lowest BCUT2D eigenvalue weighted by molar-refractivity contribution is 0.100. The van der Waals surface area contributed by atoms with Crippen molar-refractivity contribution in [1.29, 1.82) is 0 Å². The number of guanidine groups is 1. The summed E-state index contributed by atoms with van der Waals surface area (Å²) in [6.07, 6.45) is 1.56. The molecule has 0 aliphatic rings. The molecule has 2 rings (SSSR count). The highest BCUT2D eigenvalue weighted by Gasteiger charge is 2.23. The van der Waals surface area contributed by atoms with Crippen LogP contribution < -0.4 is 16.4 Å². The number of amides is 1. The molecule has 1 amide bonds. The first-order chi connectivity index (χ1) is 12.6. The number of hydrogen-bond acceptors (Lipinski definition) is 4. The molecule has 144 valence electrons. The van der Waals surface area contributed by atoms with Crippen LogP contribution in [0.1, 0.15) is 22.8 Å². The topological polar surface area (TPSA) is 119 Å². The van der Waals surface area contributed by atoms with E-state index in [0.717, 1.165) is 6.26 Å². The Bertz CT molecular complexity index is 1020. The van der Waals surface area contributed by atoms with E-state index in [0.29, 0.717) is 28.4 Å². The molecular weight excluding hydrogens is 388 g/mol. The Morgan fingerprint density at radius 1 is 1.19 bits per heavy atom. The molecule has 2 aromatic rings. The number of aliphatic imine (C=N–C) groups is 1. The number of benzene rings is 2. The van der Waals surface area contributed by atoms with Crippen molar-refractivity contribution in [2.24, 2.45) is 16.5 Å². The normalized spacial score (nSPS) is 11.1. The highest BCUT2D eigenvalue weighted by atomic mass is 35.5. The zero-order valence-corrected chi connectivity index (χ0v) is 16.8. The van der Waals surface area contributed by atoms with Crippen LogP contribution in [-0.4, -0.2) is 33.6 Å². The van der Waals surface area contributed by atoms with Gasteiger partial charge in [-0.2, -0.15) is 4.99 Å². The smallest absolute Gasteiger partial charge is 0.280 e. The van der Waals surface area contributed by atoms with Crippen LogP contribution in [0.5, 0.6) is 0 Å². The molecule has 0 aliphatic carbocycles. The second-order valence-electron chi connectivity index (χ2n) is 5.96. The van der Waals surface area contributed by atoms with E-state index < -0.39 is 15.7 Å². The zero-order valence-electron chi connectivity index (χ0n) is 15.2. The van der Waals surface area contributed by atoms with Crippen LogP contribution in [0.2, 0.25) is 5.02 Å². The minimum atomic E-state index is -3.66. The minimum Gasteiger partial charge on any atom is -0.370 e.